The molecule has 0 aromatic heterocycles. The van der Waals surface area contributed by atoms with Gasteiger partial charge in [-0.2, -0.15) is 0 Å². The van der Waals surface area contributed by atoms with Crippen LogP contribution in [0.2, 0.25) is 0 Å². The van der Waals surface area contributed by atoms with Gasteiger partial charge in [-0.05, 0) is 70.5 Å². The van der Waals surface area contributed by atoms with E-state index in [1.54, 1.807) is 0 Å². The summed E-state index contributed by atoms with van der Waals surface area (Å²) in [7, 11) is 0. The Morgan fingerprint density at radius 1 is 0.677 bits per heavy atom. The van der Waals surface area contributed by atoms with Gasteiger partial charge in [-0.25, -0.2) is 0 Å². The molecule has 1 fully saturated rings. The zero-order valence-corrected chi connectivity index (χ0v) is 18.2. The molecule has 0 radical (unpaired) electrons. The molecule has 0 aliphatic heterocycles. The number of fused-ring (bicyclic) bond motifs is 2. The SMILES string of the molecule is CCC1CC(C(COc2ccc3ccccc3c2)COc2ccc3ccccc3c2)C1. The van der Waals surface area contributed by atoms with Gasteiger partial charge in [-0.1, -0.05) is 74.0 Å². The monoisotopic (exact) mass is 410 g/mol. The molecular weight excluding hydrogens is 380 g/mol. The average Bonchev–Trinajstić information content (AvgIpc) is 2.79. The number of benzene rings is 4. The van der Waals surface area contributed by atoms with Gasteiger partial charge in [0.25, 0.3) is 0 Å². The van der Waals surface area contributed by atoms with Crippen molar-refractivity contribution < 1.29 is 9.47 Å². The molecule has 0 amide bonds. The molecule has 0 heterocycles. The predicted molar refractivity (Wildman–Crippen MR) is 129 cm³/mol. The predicted octanol–water partition coefficient (Wildman–Crippen LogP) is 7.50. The van der Waals surface area contributed by atoms with Crippen molar-refractivity contribution in [1.82, 2.24) is 0 Å². The van der Waals surface area contributed by atoms with Crippen molar-refractivity contribution in [2.45, 2.75) is 26.2 Å². The number of hydrogen-bond donors (Lipinski definition) is 0. The van der Waals surface area contributed by atoms with E-state index >= 15 is 0 Å². The molecular formula is C29H30O2. The first-order valence-corrected chi connectivity index (χ1v) is 11.5. The Labute approximate surface area is 184 Å². The lowest BCUT2D eigenvalue weighted by molar-refractivity contribution is 0.0520. The van der Waals surface area contributed by atoms with Crippen LogP contribution in [0.5, 0.6) is 11.5 Å². The van der Waals surface area contributed by atoms with Gasteiger partial charge in [-0.3, -0.25) is 0 Å². The van der Waals surface area contributed by atoms with E-state index in [9.17, 15) is 0 Å². The third kappa shape index (κ3) is 4.54. The van der Waals surface area contributed by atoms with E-state index in [-0.39, 0.29) is 0 Å². The topological polar surface area (TPSA) is 18.5 Å². The molecule has 0 unspecified atom stereocenters. The largest absolute Gasteiger partial charge is 0.493 e. The summed E-state index contributed by atoms with van der Waals surface area (Å²) in [5, 5.41) is 4.93. The van der Waals surface area contributed by atoms with Gasteiger partial charge in [0.2, 0.25) is 0 Å². The molecule has 1 saturated carbocycles. The number of rotatable bonds is 8. The lowest BCUT2D eigenvalue weighted by Gasteiger charge is -2.40. The molecule has 0 saturated heterocycles. The summed E-state index contributed by atoms with van der Waals surface area (Å²) in [6, 6.07) is 29.6. The molecule has 158 valence electrons. The number of ether oxygens (including phenoxy) is 2. The summed E-state index contributed by atoms with van der Waals surface area (Å²) >= 11 is 0. The van der Waals surface area contributed by atoms with Crippen molar-refractivity contribution >= 4 is 21.5 Å². The quantitative estimate of drug-likeness (QED) is 0.299. The first kappa shape index (κ1) is 19.9. The van der Waals surface area contributed by atoms with E-state index in [1.165, 1.54) is 40.8 Å². The van der Waals surface area contributed by atoms with Crippen molar-refractivity contribution in [2.75, 3.05) is 13.2 Å². The Morgan fingerprint density at radius 2 is 1.16 bits per heavy atom. The fourth-order valence-electron chi connectivity index (χ4n) is 4.75. The maximum atomic E-state index is 6.28. The highest BCUT2D eigenvalue weighted by molar-refractivity contribution is 5.84. The summed E-state index contributed by atoms with van der Waals surface area (Å²) in [6.45, 7) is 3.70. The lowest BCUT2D eigenvalue weighted by atomic mass is 9.68. The Kier molecular flexibility index (Phi) is 5.80. The summed E-state index contributed by atoms with van der Waals surface area (Å²) in [4.78, 5) is 0. The second-order valence-corrected chi connectivity index (χ2v) is 8.91. The molecule has 2 nitrogen and oxygen atoms in total. The van der Waals surface area contributed by atoms with Crippen molar-refractivity contribution in [1.29, 1.82) is 0 Å². The molecule has 4 aromatic rings. The van der Waals surface area contributed by atoms with Gasteiger partial charge in [-0.15, -0.1) is 0 Å². The Hall–Kier alpha value is -3.00. The van der Waals surface area contributed by atoms with Crippen LogP contribution in [0.15, 0.2) is 84.9 Å². The van der Waals surface area contributed by atoms with Crippen LogP contribution in [0.3, 0.4) is 0 Å². The lowest BCUT2D eigenvalue weighted by Crippen LogP contribution is -2.36. The van der Waals surface area contributed by atoms with E-state index in [2.05, 4.69) is 91.9 Å². The summed E-state index contributed by atoms with van der Waals surface area (Å²) in [6.07, 6.45) is 3.87. The van der Waals surface area contributed by atoms with Gasteiger partial charge in [0.1, 0.15) is 11.5 Å². The minimum Gasteiger partial charge on any atom is -0.493 e. The third-order valence-corrected chi connectivity index (χ3v) is 6.89. The molecule has 0 spiro atoms. The first-order chi connectivity index (χ1) is 15.3. The van der Waals surface area contributed by atoms with Crippen LogP contribution in [0.4, 0.5) is 0 Å². The average molecular weight is 411 g/mol. The van der Waals surface area contributed by atoms with E-state index < -0.39 is 0 Å². The molecule has 0 N–H and O–H groups in total. The second-order valence-electron chi connectivity index (χ2n) is 8.91. The highest BCUT2D eigenvalue weighted by Gasteiger charge is 2.34. The molecule has 0 bridgehead atoms. The summed E-state index contributed by atoms with van der Waals surface area (Å²) in [5.41, 5.74) is 0. The van der Waals surface area contributed by atoms with Gasteiger partial charge >= 0.3 is 0 Å². The van der Waals surface area contributed by atoms with Gasteiger partial charge < -0.3 is 9.47 Å². The molecule has 2 heteroatoms. The molecule has 0 atom stereocenters. The minimum atomic E-state index is 0.403. The Balaban J connectivity index is 1.26. The third-order valence-electron chi connectivity index (χ3n) is 6.89. The summed E-state index contributed by atoms with van der Waals surface area (Å²) in [5.74, 6) is 3.85. The Morgan fingerprint density at radius 3 is 1.65 bits per heavy atom. The zero-order chi connectivity index (χ0) is 21.0. The maximum Gasteiger partial charge on any atom is 0.119 e. The summed E-state index contributed by atoms with van der Waals surface area (Å²) < 4.78 is 12.6. The second kappa shape index (κ2) is 9.01. The van der Waals surface area contributed by atoms with Gasteiger partial charge in [0.15, 0.2) is 0 Å². The van der Waals surface area contributed by atoms with Crippen LogP contribution in [-0.4, -0.2) is 13.2 Å². The minimum absolute atomic E-state index is 0.403. The van der Waals surface area contributed by atoms with Crippen molar-refractivity contribution in [3.8, 4) is 11.5 Å². The van der Waals surface area contributed by atoms with Crippen LogP contribution in [0.25, 0.3) is 21.5 Å². The fourth-order valence-corrected chi connectivity index (χ4v) is 4.75. The van der Waals surface area contributed by atoms with Gasteiger partial charge in [0, 0.05) is 5.92 Å². The molecule has 5 rings (SSSR count). The first-order valence-electron chi connectivity index (χ1n) is 11.5. The molecule has 31 heavy (non-hydrogen) atoms. The van der Waals surface area contributed by atoms with Crippen LogP contribution in [-0.2, 0) is 0 Å². The number of hydrogen-bond acceptors (Lipinski definition) is 2. The van der Waals surface area contributed by atoms with E-state index in [0.717, 1.165) is 17.4 Å². The van der Waals surface area contributed by atoms with Crippen LogP contribution < -0.4 is 9.47 Å². The van der Waals surface area contributed by atoms with Crippen LogP contribution in [0.1, 0.15) is 26.2 Å². The zero-order valence-electron chi connectivity index (χ0n) is 18.2. The van der Waals surface area contributed by atoms with E-state index in [4.69, 9.17) is 9.47 Å². The molecule has 1 aliphatic carbocycles. The highest BCUT2D eigenvalue weighted by Crippen LogP contribution is 2.41. The van der Waals surface area contributed by atoms with Gasteiger partial charge in [0.05, 0.1) is 13.2 Å². The van der Waals surface area contributed by atoms with E-state index in [0.29, 0.717) is 25.0 Å². The van der Waals surface area contributed by atoms with E-state index in [1.807, 2.05) is 0 Å². The Bertz CT molecular complexity index is 1080. The normalized spacial score (nSPS) is 18.3. The van der Waals surface area contributed by atoms with Crippen LogP contribution in [0, 0.1) is 17.8 Å². The van der Waals surface area contributed by atoms with Crippen LogP contribution >= 0.6 is 0 Å². The van der Waals surface area contributed by atoms with Crippen molar-refractivity contribution in [3.05, 3.63) is 84.9 Å². The van der Waals surface area contributed by atoms with Crippen molar-refractivity contribution in [3.63, 3.8) is 0 Å². The highest BCUT2D eigenvalue weighted by atomic mass is 16.5. The smallest absolute Gasteiger partial charge is 0.119 e. The molecule has 1 aliphatic rings. The van der Waals surface area contributed by atoms with Crippen molar-refractivity contribution in [2.24, 2.45) is 17.8 Å². The fraction of sp³-hybridized carbons (Fsp3) is 0.310. The maximum absolute atomic E-state index is 6.28. The molecule has 4 aromatic carbocycles. The standard InChI is InChI=1S/C29H30O2/c1-2-21-15-26(16-21)27(19-30-28-13-11-22-7-3-5-9-24(22)17-28)20-31-29-14-12-23-8-4-6-10-25(23)18-29/h3-14,17-18,21,26-27H,2,15-16,19-20H2,1H3.